The van der Waals surface area contributed by atoms with Crippen molar-refractivity contribution in [3.05, 3.63) is 0 Å². The predicted octanol–water partition coefficient (Wildman–Crippen LogP) is -0.867. The fraction of sp³-hybridized carbons (Fsp3) is 0.800. The van der Waals surface area contributed by atoms with Crippen molar-refractivity contribution in [2.24, 2.45) is 5.41 Å². The van der Waals surface area contributed by atoms with E-state index in [9.17, 15) is 4.79 Å². The number of ether oxygens (including phenoxy) is 1. The quantitative estimate of drug-likeness (QED) is 0.415. The van der Waals surface area contributed by atoms with E-state index in [1.807, 2.05) is 0 Å². The van der Waals surface area contributed by atoms with Crippen LogP contribution in [0, 0.1) is 5.41 Å². The van der Waals surface area contributed by atoms with Gasteiger partial charge in [0, 0.05) is 6.54 Å². The number of rotatable bonds is 0. The Kier molecular flexibility index (Phi) is 0.568. The molecule has 0 bridgehead atoms. The van der Waals surface area contributed by atoms with E-state index in [2.05, 4.69) is 5.32 Å². The molecule has 2 heterocycles. The second-order valence-corrected chi connectivity index (χ2v) is 2.46. The molecule has 0 aromatic carbocycles. The zero-order valence-electron chi connectivity index (χ0n) is 4.44. The van der Waals surface area contributed by atoms with Gasteiger partial charge >= 0.3 is 0 Å². The molecule has 1 N–H and O–H groups in total. The molecular weight excluding hydrogens is 106 g/mol. The van der Waals surface area contributed by atoms with E-state index in [0.29, 0.717) is 13.2 Å². The topological polar surface area (TPSA) is 38.3 Å². The van der Waals surface area contributed by atoms with E-state index in [1.165, 1.54) is 0 Å². The first-order chi connectivity index (χ1) is 3.83. The van der Waals surface area contributed by atoms with Crippen molar-refractivity contribution in [3.63, 3.8) is 0 Å². The summed E-state index contributed by atoms with van der Waals surface area (Å²) in [6, 6.07) is 0. The van der Waals surface area contributed by atoms with Gasteiger partial charge < -0.3 is 10.1 Å². The second-order valence-electron chi connectivity index (χ2n) is 2.46. The Morgan fingerprint density at radius 3 is 2.38 bits per heavy atom. The fourth-order valence-electron chi connectivity index (χ4n) is 0.992. The zero-order chi connectivity index (χ0) is 5.61. The van der Waals surface area contributed by atoms with E-state index in [0.717, 1.165) is 6.54 Å². The van der Waals surface area contributed by atoms with E-state index >= 15 is 0 Å². The lowest BCUT2D eigenvalue weighted by Gasteiger charge is -2.46. The Hall–Kier alpha value is -0.570. The summed E-state index contributed by atoms with van der Waals surface area (Å²) >= 11 is 0. The average molecular weight is 113 g/mol. The van der Waals surface area contributed by atoms with Gasteiger partial charge in [-0.05, 0) is 0 Å². The maximum Gasteiger partial charge on any atom is 0.232 e. The lowest BCUT2D eigenvalue weighted by Crippen LogP contribution is -2.68. The third kappa shape index (κ3) is 0.282. The third-order valence-corrected chi connectivity index (χ3v) is 1.83. The number of amides is 1. The number of hydrogen-bond acceptors (Lipinski definition) is 2. The van der Waals surface area contributed by atoms with Crippen molar-refractivity contribution in [2.45, 2.75) is 0 Å². The minimum atomic E-state index is -0.0694. The molecule has 2 fully saturated rings. The maximum absolute atomic E-state index is 10.6. The first-order valence-electron chi connectivity index (χ1n) is 2.70. The summed E-state index contributed by atoms with van der Waals surface area (Å²) in [5.74, 6) is 0.170. The molecular formula is C5H7NO2. The molecule has 8 heavy (non-hydrogen) atoms. The Bertz CT molecular complexity index is 134. The normalized spacial score (nSPS) is 30.8. The first kappa shape index (κ1) is 4.32. The van der Waals surface area contributed by atoms with Crippen LogP contribution in [0.15, 0.2) is 0 Å². The Labute approximate surface area is 47.0 Å². The largest absolute Gasteiger partial charge is 0.379 e. The molecule has 0 aromatic heterocycles. The molecule has 0 radical (unpaired) electrons. The van der Waals surface area contributed by atoms with E-state index in [1.54, 1.807) is 0 Å². The molecule has 0 aromatic rings. The summed E-state index contributed by atoms with van der Waals surface area (Å²) in [4.78, 5) is 10.6. The molecule has 0 atom stereocenters. The minimum Gasteiger partial charge on any atom is -0.379 e. The van der Waals surface area contributed by atoms with Crippen LogP contribution in [0.1, 0.15) is 0 Å². The number of β-lactam (4-membered cyclic amide) rings is 1. The number of nitrogens with one attached hydrogen (secondary N) is 1. The lowest BCUT2D eigenvalue weighted by molar-refractivity contribution is -0.177. The molecule has 2 aliphatic heterocycles. The number of carbonyl (C=O) groups is 1. The molecule has 2 rings (SSSR count). The van der Waals surface area contributed by atoms with Crippen LogP contribution < -0.4 is 5.32 Å². The van der Waals surface area contributed by atoms with Crippen LogP contribution in [0.2, 0.25) is 0 Å². The van der Waals surface area contributed by atoms with Gasteiger partial charge in [0.05, 0.1) is 13.2 Å². The van der Waals surface area contributed by atoms with Crippen molar-refractivity contribution in [3.8, 4) is 0 Å². The van der Waals surface area contributed by atoms with Gasteiger partial charge in [0.1, 0.15) is 5.41 Å². The molecule has 3 heteroatoms. The van der Waals surface area contributed by atoms with Gasteiger partial charge in [-0.15, -0.1) is 0 Å². The number of carbonyl (C=O) groups excluding carboxylic acids is 1. The summed E-state index contributed by atoms with van der Waals surface area (Å²) in [7, 11) is 0. The van der Waals surface area contributed by atoms with Gasteiger partial charge in [-0.3, -0.25) is 4.79 Å². The highest BCUT2D eigenvalue weighted by Crippen LogP contribution is 2.32. The second kappa shape index (κ2) is 1.05. The van der Waals surface area contributed by atoms with Crippen molar-refractivity contribution in [1.82, 2.24) is 5.32 Å². The van der Waals surface area contributed by atoms with Crippen LogP contribution in [0.3, 0.4) is 0 Å². The predicted molar refractivity (Wildman–Crippen MR) is 26.3 cm³/mol. The molecule has 1 amide bonds. The third-order valence-electron chi connectivity index (χ3n) is 1.83. The maximum atomic E-state index is 10.6. The first-order valence-corrected chi connectivity index (χ1v) is 2.70. The summed E-state index contributed by atoms with van der Waals surface area (Å²) in [6.45, 7) is 2.10. The highest BCUT2D eigenvalue weighted by atomic mass is 16.5. The van der Waals surface area contributed by atoms with Crippen molar-refractivity contribution in [2.75, 3.05) is 19.8 Å². The van der Waals surface area contributed by atoms with Crippen LogP contribution in [0.4, 0.5) is 0 Å². The molecule has 2 aliphatic rings. The summed E-state index contributed by atoms with van der Waals surface area (Å²) in [5, 5.41) is 2.68. The Morgan fingerprint density at radius 1 is 1.62 bits per heavy atom. The zero-order valence-corrected chi connectivity index (χ0v) is 4.44. The monoisotopic (exact) mass is 113 g/mol. The molecule has 44 valence electrons. The molecule has 0 saturated carbocycles. The summed E-state index contributed by atoms with van der Waals surface area (Å²) < 4.78 is 4.89. The van der Waals surface area contributed by atoms with Crippen LogP contribution in [0.25, 0.3) is 0 Å². The van der Waals surface area contributed by atoms with Crippen LogP contribution in [0.5, 0.6) is 0 Å². The van der Waals surface area contributed by atoms with Crippen LogP contribution in [-0.2, 0) is 9.53 Å². The average Bonchev–Trinajstić information content (AvgIpc) is 1.58. The summed E-state index contributed by atoms with van der Waals surface area (Å²) in [5.41, 5.74) is -0.0694. The summed E-state index contributed by atoms with van der Waals surface area (Å²) in [6.07, 6.45) is 0. The highest BCUT2D eigenvalue weighted by Gasteiger charge is 2.52. The molecule has 3 nitrogen and oxygen atoms in total. The SMILES string of the molecule is O=C1NCC12COC2. The van der Waals surface area contributed by atoms with E-state index < -0.39 is 0 Å². The lowest BCUT2D eigenvalue weighted by atomic mass is 9.79. The molecule has 0 unspecified atom stereocenters. The highest BCUT2D eigenvalue weighted by molar-refractivity contribution is 5.89. The van der Waals surface area contributed by atoms with Gasteiger partial charge in [0.15, 0.2) is 0 Å². The van der Waals surface area contributed by atoms with Crippen molar-refractivity contribution < 1.29 is 9.53 Å². The van der Waals surface area contributed by atoms with Gasteiger partial charge in [-0.25, -0.2) is 0 Å². The standard InChI is InChI=1S/C5H7NO2/c7-4-5(1-6-4)2-8-3-5/h1-3H2,(H,6,7). The van der Waals surface area contributed by atoms with Gasteiger partial charge in [0.25, 0.3) is 0 Å². The minimum absolute atomic E-state index is 0.0694. The van der Waals surface area contributed by atoms with Gasteiger partial charge in [0.2, 0.25) is 5.91 Å². The molecule has 2 saturated heterocycles. The molecule has 1 spiro atoms. The fourth-order valence-corrected chi connectivity index (χ4v) is 0.992. The van der Waals surface area contributed by atoms with Crippen LogP contribution in [-0.4, -0.2) is 25.7 Å². The Balaban J connectivity index is 2.14. The van der Waals surface area contributed by atoms with Crippen molar-refractivity contribution in [1.29, 1.82) is 0 Å². The Morgan fingerprint density at radius 2 is 2.38 bits per heavy atom. The van der Waals surface area contributed by atoms with Crippen LogP contribution >= 0.6 is 0 Å². The smallest absolute Gasteiger partial charge is 0.232 e. The van der Waals surface area contributed by atoms with Gasteiger partial charge in [-0.1, -0.05) is 0 Å². The molecule has 0 aliphatic carbocycles. The van der Waals surface area contributed by atoms with E-state index in [-0.39, 0.29) is 11.3 Å². The van der Waals surface area contributed by atoms with Gasteiger partial charge in [-0.2, -0.15) is 0 Å². The number of hydrogen-bond donors (Lipinski definition) is 1. The van der Waals surface area contributed by atoms with Crippen molar-refractivity contribution >= 4 is 5.91 Å². The van der Waals surface area contributed by atoms with E-state index in [4.69, 9.17) is 4.74 Å².